The van der Waals surface area contributed by atoms with Gasteiger partial charge in [-0.2, -0.15) is 0 Å². The molecule has 2 N–H and O–H groups in total. The van der Waals surface area contributed by atoms with Gasteiger partial charge in [0.2, 0.25) is 11.8 Å². The molecule has 0 unspecified atom stereocenters. The number of hydrogen-bond donors (Lipinski definition) is 2. The van der Waals surface area contributed by atoms with Crippen LogP contribution in [0.5, 0.6) is 0 Å². The average Bonchev–Trinajstić information content (AvgIpc) is 2.77. The molecule has 82 valence electrons. The molecule has 0 spiro atoms. The summed E-state index contributed by atoms with van der Waals surface area (Å²) < 4.78 is 5.37. The van der Waals surface area contributed by atoms with Crippen LogP contribution in [0.25, 0.3) is 11.5 Å². The number of hydrogen-bond acceptors (Lipinski definition) is 5. The van der Waals surface area contributed by atoms with E-state index in [1.807, 2.05) is 6.92 Å². The van der Waals surface area contributed by atoms with Gasteiger partial charge in [0.15, 0.2) is 0 Å². The van der Waals surface area contributed by atoms with Crippen LogP contribution in [0.4, 0.5) is 0 Å². The summed E-state index contributed by atoms with van der Waals surface area (Å²) in [6.45, 7) is 1.92. The molecule has 0 aliphatic carbocycles. The van der Waals surface area contributed by atoms with Crippen molar-refractivity contribution in [2.75, 3.05) is 0 Å². The fraction of sp³-hybridized carbons (Fsp3) is 0.200. The molecule has 0 fully saturated rings. The highest BCUT2D eigenvalue weighted by Gasteiger charge is 2.13. The van der Waals surface area contributed by atoms with Crippen molar-refractivity contribution in [3.63, 3.8) is 0 Å². The van der Waals surface area contributed by atoms with Crippen LogP contribution in [-0.2, 0) is 6.42 Å². The Morgan fingerprint density at radius 2 is 2.12 bits per heavy atom. The molecule has 0 amide bonds. The maximum Gasteiger partial charge on any atom is 0.488 e. The number of nitrogens with zero attached hydrogens (tertiary/aromatic N) is 2. The highest BCUT2D eigenvalue weighted by Crippen LogP contribution is 2.16. The van der Waals surface area contributed by atoms with Crippen LogP contribution in [0.2, 0.25) is 0 Å². The first kappa shape index (κ1) is 10.8. The van der Waals surface area contributed by atoms with Gasteiger partial charge in [0.1, 0.15) is 0 Å². The molecule has 0 radical (unpaired) electrons. The van der Waals surface area contributed by atoms with E-state index in [9.17, 15) is 0 Å². The lowest BCUT2D eigenvalue weighted by molar-refractivity contribution is 0.426. The average molecular weight is 218 g/mol. The zero-order valence-electron chi connectivity index (χ0n) is 8.79. The summed E-state index contributed by atoms with van der Waals surface area (Å²) in [7, 11) is -1.49. The van der Waals surface area contributed by atoms with Gasteiger partial charge in [0.25, 0.3) is 0 Å². The Hall–Kier alpha value is -1.66. The quantitative estimate of drug-likeness (QED) is 0.707. The Labute approximate surface area is 92.9 Å². The van der Waals surface area contributed by atoms with Crippen molar-refractivity contribution >= 4 is 12.6 Å². The minimum Gasteiger partial charge on any atom is -0.423 e. The molecule has 1 aromatic carbocycles. The van der Waals surface area contributed by atoms with Crippen molar-refractivity contribution in [3.8, 4) is 11.5 Å². The molecule has 2 rings (SSSR count). The van der Waals surface area contributed by atoms with E-state index in [-0.39, 0.29) is 0 Å². The van der Waals surface area contributed by atoms with Crippen molar-refractivity contribution in [1.29, 1.82) is 0 Å². The Bertz CT molecular complexity index is 484. The van der Waals surface area contributed by atoms with E-state index in [1.54, 1.807) is 24.3 Å². The number of benzene rings is 1. The fourth-order valence-corrected chi connectivity index (χ4v) is 1.35. The minimum atomic E-state index is -1.49. The molecule has 0 saturated carbocycles. The summed E-state index contributed by atoms with van der Waals surface area (Å²) in [6, 6.07) is 6.71. The minimum absolute atomic E-state index is 0.388. The van der Waals surface area contributed by atoms with Gasteiger partial charge in [-0.25, -0.2) is 0 Å². The summed E-state index contributed by atoms with van der Waals surface area (Å²) in [5.41, 5.74) is 1.08. The summed E-state index contributed by atoms with van der Waals surface area (Å²) in [6.07, 6.45) is 0.676. The first-order valence-electron chi connectivity index (χ1n) is 4.99. The second-order valence-corrected chi connectivity index (χ2v) is 3.35. The summed E-state index contributed by atoms with van der Waals surface area (Å²) in [4.78, 5) is 0. The molecule has 2 aromatic rings. The van der Waals surface area contributed by atoms with Crippen molar-refractivity contribution < 1.29 is 14.5 Å². The van der Waals surface area contributed by atoms with E-state index in [0.717, 1.165) is 0 Å². The van der Waals surface area contributed by atoms with Crippen LogP contribution >= 0.6 is 0 Å². The highest BCUT2D eigenvalue weighted by molar-refractivity contribution is 6.58. The van der Waals surface area contributed by atoms with Gasteiger partial charge in [-0.1, -0.05) is 19.1 Å². The molecule has 5 nitrogen and oxygen atoms in total. The predicted molar refractivity (Wildman–Crippen MR) is 58.9 cm³/mol. The van der Waals surface area contributed by atoms with Gasteiger partial charge >= 0.3 is 7.12 Å². The fourth-order valence-electron chi connectivity index (χ4n) is 1.35. The molecule has 0 aliphatic heterocycles. The van der Waals surface area contributed by atoms with Gasteiger partial charge in [-0.15, -0.1) is 10.2 Å². The predicted octanol–water partition coefficient (Wildman–Crippen LogP) is -0.0212. The van der Waals surface area contributed by atoms with Gasteiger partial charge in [-0.3, -0.25) is 0 Å². The van der Waals surface area contributed by atoms with E-state index in [2.05, 4.69) is 10.2 Å². The molecular weight excluding hydrogens is 207 g/mol. The highest BCUT2D eigenvalue weighted by atomic mass is 16.4. The molecule has 16 heavy (non-hydrogen) atoms. The van der Waals surface area contributed by atoms with E-state index < -0.39 is 7.12 Å². The molecule has 0 bridgehead atoms. The maximum absolute atomic E-state index is 9.04. The van der Waals surface area contributed by atoms with Gasteiger partial charge < -0.3 is 14.5 Å². The monoisotopic (exact) mass is 218 g/mol. The molecule has 0 aliphatic rings. The third-order valence-electron chi connectivity index (χ3n) is 2.20. The van der Waals surface area contributed by atoms with E-state index in [0.29, 0.717) is 29.2 Å². The van der Waals surface area contributed by atoms with Crippen molar-refractivity contribution in [1.82, 2.24) is 10.2 Å². The number of rotatable bonds is 3. The Morgan fingerprint density at radius 3 is 2.75 bits per heavy atom. The number of aryl methyl sites for hydroxylation is 1. The van der Waals surface area contributed by atoms with Crippen LogP contribution in [0.3, 0.4) is 0 Å². The molecule has 0 atom stereocenters. The molecular formula is C10H11BN2O3. The van der Waals surface area contributed by atoms with E-state index in [4.69, 9.17) is 14.5 Å². The van der Waals surface area contributed by atoms with Gasteiger partial charge in [0, 0.05) is 12.0 Å². The van der Waals surface area contributed by atoms with E-state index in [1.165, 1.54) is 0 Å². The molecule has 6 heteroatoms. The molecule has 1 aromatic heterocycles. The second-order valence-electron chi connectivity index (χ2n) is 3.35. The van der Waals surface area contributed by atoms with Gasteiger partial charge in [-0.05, 0) is 17.6 Å². The van der Waals surface area contributed by atoms with E-state index >= 15 is 0 Å². The first-order chi connectivity index (χ1) is 7.70. The largest absolute Gasteiger partial charge is 0.488 e. The van der Waals surface area contributed by atoms with Gasteiger partial charge in [0.05, 0.1) is 0 Å². The van der Waals surface area contributed by atoms with Crippen molar-refractivity contribution in [2.45, 2.75) is 13.3 Å². The zero-order chi connectivity index (χ0) is 11.5. The van der Waals surface area contributed by atoms with Crippen LogP contribution in [0.1, 0.15) is 12.8 Å². The van der Waals surface area contributed by atoms with Crippen molar-refractivity contribution in [3.05, 3.63) is 30.2 Å². The second kappa shape index (κ2) is 4.46. The first-order valence-corrected chi connectivity index (χ1v) is 4.99. The van der Waals surface area contributed by atoms with Crippen LogP contribution in [0.15, 0.2) is 28.7 Å². The molecule has 0 saturated heterocycles. The smallest absolute Gasteiger partial charge is 0.423 e. The normalized spacial score (nSPS) is 10.4. The molecule has 1 heterocycles. The Morgan fingerprint density at radius 1 is 1.31 bits per heavy atom. The van der Waals surface area contributed by atoms with Crippen LogP contribution in [-0.4, -0.2) is 27.4 Å². The maximum atomic E-state index is 9.04. The third kappa shape index (κ3) is 2.12. The van der Waals surface area contributed by atoms with Crippen molar-refractivity contribution in [2.24, 2.45) is 0 Å². The van der Waals surface area contributed by atoms with Crippen LogP contribution < -0.4 is 5.46 Å². The summed E-state index contributed by atoms with van der Waals surface area (Å²) >= 11 is 0. The SMILES string of the molecule is CCc1nnc(-c2cccc(B(O)O)c2)o1. The lowest BCUT2D eigenvalue weighted by Crippen LogP contribution is -2.29. The lowest BCUT2D eigenvalue weighted by atomic mass is 9.80. The standard InChI is InChI=1S/C10H11BN2O3/c1-2-9-12-13-10(16-9)7-4-3-5-8(6-7)11(14)15/h3-6,14-15H,2H2,1H3. The summed E-state index contributed by atoms with van der Waals surface area (Å²) in [5, 5.41) is 25.8. The lowest BCUT2D eigenvalue weighted by Gasteiger charge is -2.00. The zero-order valence-corrected chi connectivity index (χ0v) is 8.79. The topological polar surface area (TPSA) is 79.4 Å². The van der Waals surface area contributed by atoms with Crippen LogP contribution in [0, 0.1) is 0 Å². The Kier molecular flexibility index (Phi) is 3.03. The Balaban J connectivity index is 2.36. The number of aromatic nitrogens is 2. The third-order valence-corrected chi connectivity index (χ3v) is 2.20. The summed E-state index contributed by atoms with van der Waals surface area (Å²) in [5.74, 6) is 0.948.